The molecule has 4 rings (SSSR count). The average Bonchev–Trinajstić information content (AvgIpc) is 2.70. The summed E-state index contributed by atoms with van der Waals surface area (Å²) in [7, 11) is 1.56. The van der Waals surface area contributed by atoms with Gasteiger partial charge in [-0.05, 0) is 41.0 Å². The Hall–Kier alpha value is -2.61. The van der Waals surface area contributed by atoms with Gasteiger partial charge in [0.25, 0.3) is 0 Å². The Labute approximate surface area is 166 Å². The molecule has 3 aromatic carbocycles. The van der Waals surface area contributed by atoms with Crippen LogP contribution in [0.1, 0.15) is 22.8 Å². The number of hydrogen-bond acceptors (Lipinski definition) is 4. The molecule has 1 heterocycles. The van der Waals surface area contributed by atoms with Crippen LogP contribution in [-0.2, 0) is 22.5 Å². The van der Waals surface area contributed by atoms with Crippen LogP contribution in [0.15, 0.2) is 42.5 Å². The molecule has 0 spiro atoms. The molecule has 0 unspecified atom stereocenters. The number of methoxy groups -OCH3 is 1. The summed E-state index contributed by atoms with van der Waals surface area (Å²) in [6, 6.07) is 10.3. The van der Waals surface area contributed by atoms with Gasteiger partial charge in [0.1, 0.15) is 24.5 Å². The molecule has 7 heteroatoms. The first-order valence-electron chi connectivity index (χ1n) is 9.16. The molecule has 0 aliphatic carbocycles. The average molecular weight is 403 g/mol. The molecule has 0 saturated heterocycles. The molecule has 0 amide bonds. The van der Waals surface area contributed by atoms with E-state index >= 15 is 0 Å². The van der Waals surface area contributed by atoms with Crippen molar-refractivity contribution in [1.82, 2.24) is 0 Å². The van der Waals surface area contributed by atoms with E-state index in [1.807, 2.05) is 24.3 Å². The summed E-state index contributed by atoms with van der Waals surface area (Å²) in [6.45, 7) is 0.640. The van der Waals surface area contributed by atoms with Crippen molar-refractivity contribution >= 4 is 10.8 Å². The van der Waals surface area contributed by atoms with Crippen molar-refractivity contribution in [2.75, 3.05) is 13.9 Å². The van der Waals surface area contributed by atoms with E-state index in [2.05, 4.69) is 0 Å². The quantitative estimate of drug-likeness (QED) is 0.390. The zero-order chi connectivity index (χ0) is 20.5. The van der Waals surface area contributed by atoms with Gasteiger partial charge in [-0.3, -0.25) is 0 Å². The second-order valence-corrected chi connectivity index (χ2v) is 7.05. The summed E-state index contributed by atoms with van der Waals surface area (Å²) in [5.74, 6) is -2.71. The van der Waals surface area contributed by atoms with Gasteiger partial charge < -0.3 is 19.9 Å². The molecule has 0 aromatic heterocycles. The highest BCUT2D eigenvalue weighted by molar-refractivity contribution is 5.88. The lowest BCUT2D eigenvalue weighted by molar-refractivity contribution is -0.0390. The maximum Gasteiger partial charge on any atom is 0.161 e. The molecule has 0 fully saturated rings. The molecule has 2 atom stereocenters. The zero-order valence-electron chi connectivity index (χ0n) is 15.8. The number of hydrogen-bond donors (Lipinski definition) is 1. The predicted octanol–water partition coefficient (Wildman–Crippen LogP) is 4.38. The van der Waals surface area contributed by atoms with Gasteiger partial charge in [-0.1, -0.05) is 18.2 Å². The van der Waals surface area contributed by atoms with E-state index in [1.54, 1.807) is 13.2 Å². The lowest BCUT2D eigenvalue weighted by Gasteiger charge is -2.32. The van der Waals surface area contributed by atoms with Gasteiger partial charge in [0.05, 0.1) is 12.6 Å². The minimum absolute atomic E-state index is 0.0900. The first-order valence-corrected chi connectivity index (χ1v) is 9.16. The van der Waals surface area contributed by atoms with E-state index in [0.717, 1.165) is 28.0 Å². The molecule has 152 valence electrons. The fraction of sp³-hybridized carbons (Fsp3) is 0.273. The van der Waals surface area contributed by atoms with Gasteiger partial charge in [0, 0.05) is 24.3 Å². The van der Waals surface area contributed by atoms with E-state index in [1.165, 1.54) is 0 Å². The molecule has 3 aromatic rings. The van der Waals surface area contributed by atoms with Crippen molar-refractivity contribution in [3.63, 3.8) is 0 Å². The van der Waals surface area contributed by atoms with Crippen LogP contribution in [-0.4, -0.2) is 19.9 Å². The van der Waals surface area contributed by atoms with Crippen LogP contribution in [0.4, 0.5) is 13.2 Å². The highest BCUT2D eigenvalue weighted by Crippen LogP contribution is 2.39. The minimum atomic E-state index is -1.24. The molecular formula is C22H20F3NO3. The van der Waals surface area contributed by atoms with Crippen molar-refractivity contribution in [3.05, 3.63) is 76.6 Å². The first kappa shape index (κ1) is 19.7. The highest BCUT2D eigenvalue weighted by Gasteiger charge is 2.32. The van der Waals surface area contributed by atoms with Gasteiger partial charge in [-0.25, -0.2) is 13.2 Å². The maximum absolute atomic E-state index is 14.2. The SMILES string of the molecule is COCOCc1ccc2c3c(ccc2c1)O[C@H](c1cc(F)c(F)cc1F)[C@@H](N)C3. The number of fused-ring (bicyclic) bond motifs is 3. The van der Waals surface area contributed by atoms with E-state index in [4.69, 9.17) is 19.9 Å². The Morgan fingerprint density at radius 3 is 2.62 bits per heavy atom. The van der Waals surface area contributed by atoms with Gasteiger partial charge in [0.2, 0.25) is 0 Å². The third-order valence-corrected chi connectivity index (χ3v) is 5.05. The molecular weight excluding hydrogens is 383 g/mol. The summed E-state index contributed by atoms with van der Waals surface area (Å²) in [5.41, 5.74) is 8.05. The van der Waals surface area contributed by atoms with Gasteiger partial charge >= 0.3 is 0 Å². The fourth-order valence-corrected chi connectivity index (χ4v) is 3.69. The Kier molecular flexibility index (Phi) is 5.45. The lowest BCUT2D eigenvalue weighted by atomic mass is 9.89. The van der Waals surface area contributed by atoms with Gasteiger partial charge in [-0.15, -0.1) is 0 Å². The molecule has 0 bridgehead atoms. The minimum Gasteiger partial charge on any atom is -0.484 e. The summed E-state index contributed by atoms with van der Waals surface area (Å²) in [5, 5.41) is 1.97. The van der Waals surface area contributed by atoms with Crippen molar-refractivity contribution in [2.24, 2.45) is 5.73 Å². The Morgan fingerprint density at radius 1 is 1.03 bits per heavy atom. The molecule has 1 aliphatic heterocycles. The van der Waals surface area contributed by atoms with Crippen molar-refractivity contribution in [2.45, 2.75) is 25.2 Å². The molecule has 1 aliphatic rings. The monoisotopic (exact) mass is 403 g/mol. The smallest absolute Gasteiger partial charge is 0.161 e. The molecule has 4 nitrogen and oxygen atoms in total. The second kappa shape index (κ2) is 8.02. The molecule has 0 radical (unpaired) electrons. The van der Waals surface area contributed by atoms with Crippen LogP contribution in [0.2, 0.25) is 0 Å². The van der Waals surface area contributed by atoms with E-state index in [0.29, 0.717) is 24.8 Å². The molecule has 2 N–H and O–H groups in total. The van der Waals surface area contributed by atoms with Crippen molar-refractivity contribution in [1.29, 1.82) is 0 Å². The predicted molar refractivity (Wildman–Crippen MR) is 102 cm³/mol. The summed E-state index contributed by atoms with van der Waals surface area (Å²) < 4.78 is 57.3. The standard InChI is InChI=1S/C22H20F3NO3/c1-27-11-28-10-12-2-4-14-13(6-12)3-5-21-15(14)8-20(26)22(29-21)16-7-18(24)19(25)9-17(16)23/h2-7,9,20,22H,8,10-11,26H2,1H3/t20-,22+/m0/s1. The summed E-state index contributed by atoms with van der Waals surface area (Å²) in [6.07, 6.45) is -0.494. The van der Waals surface area contributed by atoms with E-state index in [9.17, 15) is 13.2 Å². The number of benzene rings is 3. The Morgan fingerprint density at radius 2 is 1.83 bits per heavy atom. The lowest BCUT2D eigenvalue weighted by Crippen LogP contribution is -2.38. The van der Waals surface area contributed by atoms with E-state index in [-0.39, 0.29) is 12.4 Å². The second-order valence-electron chi connectivity index (χ2n) is 7.05. The Balaban J connectivity index is 1.66. The van der Waals surface area contributed by atoms with Gasteiger partial charge in [0.15, 0.2) is 11.6 Å². The number of nitrogens with two attached hydrogens (primary N) is 1. The largest absolute Gasteiger partial charge is 0.484 e. The van der Waals surface area contributed by atoms with Gasteiger partial charge in [-0.2, -0.15) is 0 Å². The molecule has 29 heavy (non-hydrogen) atoms. The van der Waals surface area contributed by atoms with Crippen LogP contribution in [0, 0.1) is 17.5 Å². The maximum atomic E-state index is 14.2. The molecule has 0 saturated carbocycles. The van der Waals surface area contributed by atoms with Crippen LogP contribution in [0.25, 0.3) is 10.8 Å². The third-order valence-electron chi connectivity index (χ3n) is 5.05. The van der Waals surface area contributed by atoms with E-state index < -0.39 is 29.6 Å². The van der Waals surface area contributed by atoms with Crippen molar-refractivity contribution < 1.29 is 27.4 Å². The number of halogens is 3. The Bertz CT molecular complexity index is 1060. The number of ether oxygens (including phenoxy) is 3. The highest BCUT2D eigenvalue weighted by atomic mass is 19.2. The fourth-order valence-electron chi connectivity index (χ4n) is 3.69. The first-order chi connectivity index (χ1) is 14.0. The third kappa shape index (κ3) is 3.81. The number of rotatable bonds is 5. The summed E-state index contributed by atoms with van der Waals surface area (Å²) >= 11 is 0. The van der Waals surface area contributed by atoms with Crippen LogP contribution >= 0.6 is 0 Å². The van der Waals surface area contributed by atoms with Crippen LogP contribution < -0.4 is 10.5 Å². The zero-order valence-corrected chi connectivity index (χ0v) is 15.8. The van der Waals surface area contributed by atoms with Crippen molar-refractivity contribution in [3.8, 4) is 5.75 Å². The summed E-state index contributed by atoms with van der Waals surface area (Å²) in [4.78, 5) is 0. The topological polar surface area (TPSA) is 53.7 Å². The normalized spacial score (nSPS) is 18.5. The van der Waals surface area contributed by atoms with Crippen LogP contribution in [0.3, 0.4) is 0 Å². The van der Waals surface area contributed by atoms with Crippen LogP contribution in [0.5, 0.6) is 5.75 Å².